The molecule has 6 heteroatoms. The highest BCUT2D eigenvalue weighted by Gasteiger charge is 2.35. The predicted molar refractivity (Wildman–Crippen MR) is 74.8 cm³/mol. The van der Waals surface area contributed by atoms with Gasteiger partial charge in [0.15, 0.2) is 5.82 Å². The van der Waals surface area contributed by atoms with Gasteiger partial charge in [0, 0.05) is 30.1 Å². The van der Waals surface area contributed by atoms with Crippen molar-refractivity contribution in [3.63, 3.8) is 0 Å². The van der Waals surface area contributed by atoms with Gasteiger partial charge in [0.25, 0.3) is 0 Å². The Kier molecular flexibility index (Phi) is 3.44. The molecule has 1 fully saturated rings. The van der Waals surface area contributed by atoms with Crippen molar-refractivity contribution >= 4 is 23.2 Å². The summed E-state index contributed by atoms with van der Waals surface area (Å²) in [5.74, 6) is 1.22. The van der Waals surface area contributed by atoms with Gasteiger partial charge in [-0.05, 0) is 18.2 Å². The molecule has 1 aromatic heterocycles. The SMILES string of the molecule is CCc1noc([C@H]2CC(=O)N(c3cccc(Cl)c3)C2)n1. The summed E-state index contributed by atoms with van der Waals surface area (Å²) in [5.41, 5.74) is 0.806. The van der Waals surface area contributed by atoms with E-state index >= 15 is 0 Å². The largest absolute Gasteiger partial charge is 0.339 e. The van der Waals surface area contributed by atoms with Gasteiger partial charge >= 0.3 is 0 Å². The fourth-order valence-electron chi connectivity index (χ4n) is 2.34. The van der Waals surface area contributed by atoms with Crippen LogP contribution in [0.25, 0.3) is 0 Å². The summed E-state index contributed by atoms with van der Waals surface area (Å²) in [6.07, 6.45) is 1.11. The van der Waals surface area contributed by atoms with Crippen LogP contribution in [0.2, 0.25) is 5.02 Å². The monoisotopic (exact) mass is 291 g/mol. The maximum Gasteiger partial charge on any atom is 0.232 e. The summed E-state index contributed by atoms with van der Waals surface area (Å²) in [6.45, 7) is 2.51. The van der Waals surface area contributed by atoms with Gasteiger partial charge in [-0.15, -0.1) is 0 Å². The average Bonchev–Trinajstić information content (AvgIpc) is 3.04. The molecule has 1 saturated heterocycles. The summed E-state index contributed by atoms with van der Waals surface area (Å²) in [5, 5.41) is 4.49. The molecule has 1 aromatic carbocycles. The van der Waals surface area contributed by atoms with Crippen molar-refractivity contribution < 1.29 is 9.32 Å². The molecule has 1 aliphatic rings. The minimum atomic E-state index is -0.0470. The zero-order valence-electron chi connectivity index (χ0n) is 11.0. The Morgan fingerprint density at radius 1 is 1.50 bits per heavy atom. The fraction of sp³-hybridized carbons (Fsp3) is 0.357. The maximum atomic E-state index is 12.1. The molecule has 0 radical (unpaired) electrons. The van der Waals surface area contributed by atoms with E-state index in [1.54, 1.807) is 17.0 Å². The van der Waals surface area contributed by atoms with Crippen LogP contribution in [-0.4, -0.2) is 22.6 Å². The second-order valence-corrected chi connectivity index (χ2v) is 5.22. The van der Waals surface area contributed by atoms with Gasteiger partial charge in [0.1, 0.15) is 0 Å². The first-order valence-corrected chi connectivity index (χ1v) is 6.93. The topological polar surface area (TPSA) is 59.2 Å². The van der Waals surface area contributed by atoms with Crippen LogP contribution in [0.1, 0.15) is 31.0 Å². The van der Waals surface area contributed by atoms with E-state index in [1.165, 1.54) is 0 Å². The summed E-state index contributed by atoms with van der Waals surface area (Å²) in [4.78, 5) is 18.2. The van der Waals surface area contributed by atoms with Crippen LogP contribution in [0.4, 0.5) is 5.69 Å². The van der Waals surface area contributed by atoms with Gasteiger partial charge in [0.05, 0.1) is 5.92 Å². The lowest BCUT2D eigenvalue weighted by atomic mass is 10.1. The Bertz CT molecular complexity index is 641. The van der Waals surface area contributed by atoms with E-state index in [2.05, 4.69) is 10.1 Å². The summed E-state index contributed by atoms with van der Waals surface area (Å²) in [7, 11) is 0. The highest BCUT2D eigenvalue weighted by molar-refractivity contribution is 6.30. The zero-order chi connectivity index (χ0) is 14.1. The molecule has 5 nitrogen and oxygen atoms in total. The number of rotatable bonds is 3. The van der Waals surface area contributed by atoms with E-state index < -0.39 is 0 Å². The summed E-state index contributed by atoms with van der Waals surface area (Å²) in [6, 6.07) is 7.28. The molecule has 1 amide bonds. The van der Waals surface area contributed by atoms with Crippen molar-refractivity contribution in [2.45, 2.75) is 25.7 Å². The highest BCUT2D eigenvalue weighted by atomic mass is 35.5. The third-order valence-electron chi connectivity index (χ3n) is 3.39. The molecular weight excluding hydrogens is 278 g/mol. The van der Waals surface area contributed by atoms with Crippen molar-refractivity contribution in [3.05, 3.63) is 41.0 Å². The molecule has 0 aliphatic carbocycles. The summed E-state index contributed by atoms with van der Waals surface area (Å²) >= 11 is 5.97. The molecule has 0 N–H and O–H groups in total. The first kappa shape index (κ1) is 13.1. The number of anilines is 1. The molecule has 0 unspecified atom stereocenters. The van der Waals surface area contributed by atoms with Crippen LogP contribution in [0.5, 0.6) is 0 Å². The van der Waals surface area contributed by atoms with Crippen LogP contribution in [0.15, 0.2) is 28.8 Å². The number of aromatic nitrogens is 2. The van der Waals surface area contributed by atoms with E-state index in [4.69, 9.17) is 16.1 Å². The number of aryl methyl sites for hydroxylation is 1. The first-order valence-electron chi connectivity index (χ1n) is 6.55. The van der Waals surface area contributed by atoms with Crippen LogP contribution in [-0.2, 0) is 11.2 Å². The van der Waals surface area contributed by atoms with E-state index in [0.29, 0.717) is 29.7 Å². The lowest BCUT2D eigenvalue weighted by molar-refractivity contribution is -0.117. The van der Waals surface area contributed by atoms with Crippen molar-refractivity contribution in [2.75, 3.05) is 11.4 Å². The average molecular weight is 292 g/mol. The van der Waals surface area contributed by atoms with E-state index in [9.17, 15) is 4.79 Å². The Balaban J connectivity index is 1.81. The molecule has 2 heterocycles. The van der Waals surface area contributed by atoms with Crippen LogP contribution in [0, 0.1) is 0 Å². The summed E-state index contributed by atoms with van der Waals surface area (Å²) < 4.78 is 5.23. The van der Waals surface area contributed by atoms with Crippen molar-refractivity contribution in [2.24, 2.45) is 0 Å². The molecule has 0 spiro atoms. The van der Waals surface area contributed by atoms with Gasteiger partial charge in [0.2, 0.25) is 11.8 Å². The van der Waals surface area contributed by atoms with E-state index in [1.807, 2.05) is 19.1 Å². The van der Waals surface area contributed by atoms with Crippen LogP contribution < -0.4 is 4.90 Å². The van der Waals surface area contributed by atoms with E-state index in [-0.39, 0.29) is 11.8 Å². The molecule has 104 valence electrons. The lowest BCUT2D eigenvalue weighted by Crippen LogP contribution is -2.24. The normalized spacial score (nSPS) is 18.8. The highest BCUT2D eigenvalue weighted by Crippen LogP contribution is 2.31. The molecule has 0 bridgehead atoms. The van der Waals surface area contributed by atoms with Gasteiger partial charge in [-0.3, -0.25) is 4.79 Å². The van der Waals surface area contributed by atoms with Crippen LogP contribution in [0.3, 0.4) is 0 Å². The van der Waals surface area contributed by atoms with Crippen molar-refractivity contribution in [3.8, 4) is 0 Å². The maximum absolute atomic E-state index is 12.1. The minimum Gasteiger partial charge on any atom is -0.339 e. The van der Waals surface area contributed by atoms with Gasteiger partial charge < -0.3 is 9.42 Å². The molecule has 3 rings (SSSR count). The number of carbonyl (C=O) groups is 1. The minimum absolute atomic E-state index is 0.0470. The predicted octanol–water partition coefficient (Wildman–Crippen LogP) is 2.81. The zero-order valence-corrected chi connectivity index (χ0v) is 11.8. The Labute approximate surface area is 121 Å². The molecule has 2 aromatic rings. The Morgan fingerprint density at radius 3 is 3.05 bits per heavy atom. The first-order chi connectivity index (χ1) is 9.67. The molecular formula is C14H14ClN3O2. The molecule has 0 saturated carbocycles. The van der Waals surface area contributed by atoms with Crippen molar-refractivity contribution in [1.82, 2.24) is 10.1 Å². The third-order valence-corrected chi connectivity index (χ3v) is 3.63. The number of nitrogens with zero attached hydrogens (tertiary/aromatic N) is 3. The fourth-order valence-corrected chi connectivity index (χ4v) is 2.53. The molecule has 1 aliphatic heterocycles. The molecule has 1 atom stereocenters. The van der Waals surface area contributed by atoms with Gasteiger partial charge in [-0.25, -0.2) is 0 Å². The number of amides is 1. The molecule has 20 heavy (non-hydrogen) atoms. The second-order valence-electron chi connectivity index (χ2n) is 4.79. The Morgan fingerprint density at radius 2 is 2.35 bits per heavy atom. The van der Waals surface area contributed by atoms with Crippen LogP contribution >= 0.6 is 11.6 Å². The Hall–Kier alpha value is -1.88. The van der Waals surface area contributed by atoms with Gasteiger partial charge in [-0.1, -0.05) is 29.7 Å². The van der Waals surface area contributed by atoms with Crippen molar-refractivity contribution in [1.29, 1.82) is 0 Å². The smallest absolute Gasteiger partial charge is 0.232 e. The quantitative estimate of drug-likeness (QED) is 0.872. The number of benzene rings is 1. The third kappa shape index (κ3) is 2.41. The van der Waals surface area contributed by atoms with Gasteiger partial charge in [-0.2, -0.15) is 4.98 Å². The standard InChI is InChI=1S/C14H14ClN3O2/c1-2-12-16-14(20-17-12)9-6-13(19)18(8-9)11-5-3-4-10(15)7-11/h3-5,7,9H,2,6,8H2,1H3/t9-/m0/s1. The lowest BCUT2D eigenvalue weighted by Gasteiger charge is -2.16. The number of hydrogen-bond acceptors (Lipinski definition) is 4. The number of halogens is 1. The second kappa shape index (κ2) is 5.25. The number of hydrogen-bond donors (Lipinski definition) is 0. The number of carbonyl (C=O) groups excluding carboxylic acids is 1. The van der Waals surface area contributed by atoms with E-state index in [0.717, 1.165) is 12.1 Å².